The van der Waals surface area contributed by atoms with E-state index < -0.39 is 0 Å². The Kier molecular flexibility index (Phi) is 4.09. The SMILES string of the molecule is Nc1nc(SCC(=O)N2CCC(c3ncc[nH]3)CC2)n[nH]1. The van der Waals surface area contributed by atoms with Crippen molar-refractivity contribution in [1.29, 1.82) is 0 Å². The molecule has 2 aromatic rings. The number of carbonyl (C=O) groups is 1. The maximum Gasteiger partial charge on any atom is 0.233 e. The Hall–Kier alpha value is -2.03. The van der Waals surface area contributed by atoms with E-state index in [-0.39, 0.29) is 11.9 Å². The lowest BCUT2D eigenvalue weighted by molar-refractivity contribution is -0.129. The summed E-state index contributed by atoms with van der Waals surface area (Å²) in [6, 6.07) is 0. The van der Waals surface area contributed by atoms with Crippen LogP contribution in [0, 0.1) is 0 Å². The lowest BCUT2D eigenvalue weighted by Crippen LogP contribution is -2.39. The summed E-state index contributed by atoms with van der Waals surface area (Å²) in [5.74, 6) is 2.16. The molecule has 0 aliphatic carbocycles. The van der Waals surface area contributed by atoms with Gasteiger partial charge < -0.3 is 15.6 Å². The molecule has 1 amide bonds. The topological polar surface area (TPSA) is 117 Å². The Balaban J connectivity index is 1.46. The number of aromatic amines is 2. The number of H-pyrrole nitrogens is 2. The maximum absolute atomic E-state index is 12.2. The molecule has 1 saturated heterocycles. The smallest absolute Gasteiger partial charge is 0.233 e. The summed E-state index contributed by atoms with van der Waals surface area (Å²) in [5.41, 5.74) is 5.44. The number of amides is 1. The molecule has 9 heteroatoms. The van der Waals surface area contributed by atoms with Crippen LogP contribution in [0.4, 0.5) is 5.95 Å². The quantitative estimate of drug-likeness (QED) is 0.712. The minimum absolute atomic E-state index is 0.112. The Morgan fingerprint density at radius 3 is 2.90 bits per heavy atom. The third-order valence-corrected chi connectivity index (χ3v) is 4.39. The van der Waals surface area contributed by atoms with Crippen molar-refractivity contribution in [3.05, 3.63) is 18.2 Å². The molecule has 8 nitrogen and oxygen atoms in total. The van der Waals surface area contributed by atoms with Crippen LogP contribution in [0.1, 0.15) is 24.6 Å². The van der Waals surface area contributed by atoms with Crippen LogP contribution in [0.2, 0.25) is 0 Å². The fourth-order valence-electron chi connectivity index (χ4n) is 2.44. The number of carbonyl (C=O) groups excluding carboxylic acids is 1. The van der Waals surface area contributed by atoms with Crippen molar-refractivity contribution >= 4 is 23.6 Å². The summed E-state index contributed by atoms with van der Waals surface area (Å²) in [7, 11) is 0. The summed E-state index contributed by atoms with van der Waals surface area (Å²) >= 11 is 1.30. The summed E-state index contributed by atoms with van der Waals surface area (Å²) in [6.07, 6.45) is 5.49. The Morgan fingerprint density at radius 2 is 2.29 bits per heavy atom. The van der Waals surface area contributed by atoms with Gasteiger partial charge in [0.2, 0.25) is 17.0 Å². The Bertz CT molecular complexity index is 589. The van der Waals surface area contributed by atoms with Gasteiger partial charge in [-0.05, 0) is 12.8 Å². The molecule has 0 saturated carbocycles. The zero-order chi connectivity index (χ0) is 14.7. The minimum Gasteiger partial charge on any atom is -0.368 e. The number of piperidine rings is 1. The van der Waals surface area contributed by atoms with Crippen molar-refractivity contribution in [1.82, 2.24) is 30.0 Å². The van der Waals surface area contributed by atoms with Crippen LogP contribution < -0.4 is 5.73 Å². The normalized spacial score (nSPS) is 16.3. The second-order valence-electron chi connectivity index (χ2n) is 4.92. The predicted molar refractivity (Wildman–Crippen MR) is 78.7 cm³/mol. The van der Waals surface area contributed by atoms with Crippen molar-refractivity contribution < 1.29 is 4.79 Å². The first kappa shape index (κ1) is 13.9. The lowest BCUT2D eigenvalue weighted by Gasteiger charge is -2.31. The van der Waals surface area contributed by atoms with E-state index in [1.165, 1.54) is 11.8 Å². The fourth-order valence-corrected chi connectivity index (χ4v) is 3.15. The zero-order valence-corrected chi connectivity index (χ0v) is 12.3. The van der Waals surface area contributed by atoms with E-state index in [1.54, 1.807) is 6.20 Å². The molecule has 112 valence electrons. The van der Waals surface area contributed by atoms with Crippen LogP contribution in [-0.4, -0.2) is 54.8 Å². The number of hydrogen-bond donors (Lipinski definition) is 3. The number of nitrogens with one attached hydrogen (secondary N) is 2. The fraction of sp³-hybridized carbons (Fsp3) is 0.500. The third-order valence-electron chi connectivity index (χ3n) is 3.56. The Morgan fingerprint density at radius 1 is 1.48 bits per heavy atom. The number of nitrogen functional groups attached to an aromatic ring is 1. The van der Waals surface area contributed by atoms with Gasteiger partial charge in [-0.25, -0.2) is 10.1 Å². The number of nitrogens with zero attached hydrogens (tertiary/aromatic N) is 4. The van der Waals surface area contributed by atoms with Gasteiger partial charge >= 0.3 is 0 Å². The van der Waals surface area contributed by atoms with E-state index in [1.807, 2.05) is 11.1 Å². The number of rotatable bonds is 4. The van der Waals surface area contributed by atoms with Crippen LogP contribution in [0.3, 0.4) is 0 Å². The highest BCUT2D eigenvalue weighted by Crippen LogP contribution is 2.26. The molecule has 0 radical (unpaired) electrons. The number of thioether (sulfide) groups is 1. The zero-order valence-electron chi connectivity index (χ0n) is 11.5. The van der Waals surface area contributed by atoms with Crippen molar-refractivity contribution in [2.24, 2.45) is 0 Å². The van der Waals surface area contributed by atoms with Gasteiger partial charge in [-0.15, -0.1) is 5.10 Å². The number of nitrogens with two attached hydrogens (primary N) is 1. The first-order valence-electron chi connectivity index (χ1n) is 6.80. The molecule has 1 aliphatic heterocycles. The van der Waals surface area contributed by atoms with E-state index in [0.717, 1.165) is 31.8 Å². The largest absolute Gasteiger partial charge is 0.368 e. The van der Waals surface area contributed by atoms with Crippen LogP contribution in [0.25, 0.3) is 0 Å². The summed E-state index contributed by atoms with van der Waals surface area (Å²) < 4.78 is 0. The van der Waals surface area contributed by atoms with Crippen LogP contribution in [0.5, 0.6) is 0 Å². The number of anilines is 1. The summed E-state index contributed by atoms with van der Waals surface area (Å²) in [4.78, 5) is 25.5. The molecule has 0 bridgehead atoms. The van der Waals surface area contributed by atoms with Gasteiger partial charge in [-0.3, -0.25) is 4.79 Å². The average Bonchev–Trinajstić information content (AvgIpc) is 3.16. The van der Waals surface area contributed by atoms with E-state index in [2.05, 4.69) is 25.1 Å². The Labute approximate surface area is 125 Å². The van der Waals surface area contributed by atoms with Crippen molar-refractivity contribution in [3.63, 3.8) is 0 Å². The molecule has 21 heavy (non-hydrogen) atoms. The molecule has 1 aliphatic rings. The number of aromatic nitrogens is 5. The minimum atomic E-state index is 0.112. The first-order valence-corrected chi connectivity index (χ1v) is 7.78. The highest BCUT2D eigenvalue weighted by molar-refractivity contribution is 7.99. The molecule has 1 fully saturated rings. The van der Waals surface area contributed by atoms with E-state index in [0.29, 0.717) is 16.8 Å². The second kappa shape index (κ2) is 6.17. The molecular formula is C12H17N7OS. The average molecular weight is 307 g/mol. The van der Waals surface area contributed by atoms with Crippen LogP contribution >= 0.6 is 11.8 Å². The van der Waals surface area contributed by atoms with Gasteiger partial charge in [0.25, 0.3) is 0 Å². The van der Waals surface area contributed by atoms with E-state index in [9.17, 15) is 4.79 Å². The van der Waals surface area contributed by atoms with Crippen LogP contribution in [0.15, 0.2) is 17.6 Å². The number of hydrogen-bond acceptors (Lipinski definition) is 6. The first-order chi connectivity index (χ1) is 10.2. The van der Waals surface area contributed by atoms with E-state index >= 15 is 0 Å². The molecule has 0 unspecified atom stereocenters. The van der Waals surface area contributed by atoms with Crippen LogP contribution in [-0.2, 0) is 4.79 Å². The molecule has 0 aromatic carbocycles. The highest BCUT2D eigenvalue weighted by Gasteiger charge is 2.25. The van der Waals surface area contributed by atoms with Crippen molar-refractivity contribution in [2.75, 3.05) is 24.6 Å². The van der Waals surface area contributed by atoms with Gasteiger partial charge in [-0.1, -0.05) is 11.8 Å². The molecule has 0 atom stereocenters. The lowest BCUT2D eigenvalue weighted by atomic mass is 9.96. The predicted octanol–water partition coefficient (Wildman–Crippen LogP) is 0.608. The number of likely N-dealkylation sites (tertiary alicyclic amines) is 1. The second-order valence-corrected chi connectivity index (χ2v) is 5.86. The maximum atomic E-state index is 12.2. The van der Waals surface area contributed by atoms with Crippen molar-refractivity contribution in [3.8, 4) is 0 Å². The molecule has 3 heterocycles. The molecule has 0 spiro atoms. The number of imidazole rings is 1. The van der Waals surface area contributed by atoms with Gasteiger partial charge in [0.05, 0.1) is 5.75 Å². The van der Waals surface area contributed by atoms with Crippen molar-refractivity contribution in [2.45, 2.75) is 23.9 Å². The molecule has 2 aromatic heterocycles. The monoisotopic (exact) mass is 307 g/mol. The van der Waals surface area contributed by atoms with E-state index in [4.69, 9.17) is 5.73 Å². The summed E-state index contributed by atoms with van der Waals surface area (Å²) in [6.45, 7) is 1.53. The molecule has 3 rings (SSSR count). The summed E-state index contributed by atoms with van der Waals surface area (Å²) in [5, 5.41) is 6.96. The standard InChI is InChI=1S/C12H17N7OS/c13-11-16-12(18-17-11)21-7-9(20)19-5-1-8(2-6-19)10-14-3-4-15-10/h3-4,8H,1-2,5-7H2,(H,14,15)(H3,13,16,17,18). The molecular weight excluding hydrogens is 290 g/mol. The highest BCUT2D eigenvalue weighted by atomic mass is 32.2. The van der Waals surface area contributed by atoms with Gasteiger partial charge in [-0.2, -0.15) is 4.98 Å². The van der Waals surface area contributed by atoms with Gasteiger partial charge in [0, 0.05) is 31.4 Å². The van der Waals surface area contributed by atoms with Gasteiger partial charge in [0.1, 0.15) is 5.82 Å². The molecule has 4 N–H and O–H groups in total. The third kappa shape index (κ3) is 3.35. The van der Waals surface area contributed by atoms with Gasteiger partial charge in [0.15, 0.2) is 0 Å².